The summed E-state index contributed by atoms with van der Waals surface area (Å²) in [6.07, 6.45) is 2.99. The van der Waals surface area contributed by atoms with Crippen LogP contribution in [0.5, 0.6) is 5.75 Å². The van der Waals surface area contributed by atoms with Crippen LogP contribution in [0.4, 0.5) is 0 Å². The number of nitrogens with zero attached hydrogens (tertiary/aromatic N) is 2. The molecule has 0 radical (unpaired) electrons. The number of rotatable bonds is 5. The second-order valence-corrected chi connectivity index (χ2v) is 8.93. The summed E-state index contributed by atoms with van der Waals surface area (Å²) in [5.41, 5.74) is 6.86. The number of carbonyl (C=O) groups is 1. The Hall–Kier alpha value is -3.12. The Kier molecular flexibility index (Phi) is 5.25. The quantitative estimate of drug-likeness (QED) is 0.615. The number of phenolic OH excluding ortho intramolecular Hbond substituents is 1. The number of amides is 1. The summed E-state index contributed by atoms with van der Waals surface area (Å²) in [6.45, 7) is 7.34. The molecule has 0 spiro atoms. The number of benzene rings is 2. The molecule has 2 aliphatic rings. The summed E-state index contributed by atoms with van der Waals surface area (Å²) >= 11 is 0. The minimum absolute atomic E-state index is 0.0475. The highest BCUT2D eigenvalue weighted by Crippen LogP contribution is 2.46. The molecule has 2 aliphatic heterocycles. The predicted octanol–water partition coefficient (Wildman–Crippen LogP) is 4.69. The zero-order valence-electron chi connectivity index (χ0n) is 18.8. The molecule has 0 bridgehead atoms. The second kappa shape index (κ2) is 8.10. The molecule has 3 heterocycles. The molecular formula is C26H29N3O3. The van der Waals surface area contributed by atoms with Gasteiger partial charge in [-0.2, -0.15) is 5.10 Å². The number of aryl methyl sites for hydroxylation is 3. The maximum Gasteiger partial charge on any atom is 0.273 e. The number of aromatic hydroxyl groups is 1. The van der Waals surface area contributed by atoms with Crippen molar-refractivity contribution in [3.63, 3.8) is 0 Å². The average molecular weight is 432 g/mol. The van der Waals surface area contributed by atoms with E-state index >= 15 is 0 Å². The van der Waals surface area contributed by atoms with Gasteiger partial charge in [-0.25, -0.2) is 0 Å². The van der Waals surface area contributed by atoms with Crippen molar-refractivity contribution in [2.24, 2.45) is 0 Å². The van der Waals surface area contributed by atoms with Gasteiger partial charge in [-0.3, -0.25) is 9.89 Å². The van der Waals surface area contributed by atoms with E-state index in [2.05, 4.69) is 41.4 Å². The molecule has 5 rings (SSSR count). The Bertz CT molecular complexity index is 1140. The molecule has 0 saturated carbocycles. The zero-order chi connectivity index (χ0) is 22.4. The monoisotopic (exact) mass is 431 g/mol. The minimum atomic E-state index is -0.276. The van der Waals surface area contributed by atoms with E-state index in [1.165, 1.54) is 5.56 Å². The van der Waals surface area contributed by atoms with E-state index in [1.807, 2.05) is 24.8 Å². The molecule has 6 heteroatoms. The van der Waals surface area contributed by atoms with Crippen LogP contribution in [0.1, 0.15) is 64.1 Å². The molecule has 2 N–H and O–H groups in total. The standard InChI is InChI=1S/C26H29N3O3/c1-4-17-7-9-18(10-8-17)25-22-23(21-16(3)12-15(2)13-20(21)30)27-28-24(22)26(31)29(25)14-19-6-5-11-32-19/h7-10,12-13,19,25,30H,4-6,11,14H2,1-3H3,(H,27,28). The lowest BCUT2D eigenvalue weighted by Crippen LogP contribution is -2.36. The third-order valence-corrected chi connectivity index (χ3v) is 6.69. The number of aromatic amines is 1. The first kappa shape index (κ1) is 20.8. The van der Waals surface area contributed by atoms with E-state index in [9.17, 15) is 9.90 Å². The molecule has 2 atom stereocenters. The molecule has 1 saturated heterocycles. The molecule has 1 amide bonds. The molecule has 1 aromatic heterocycles. The number of hydrogen-bond acceptors (Lipinski definition) is 4. The number of nitrogens with one attached hydrogen (secondary N) is 1. The van der Waals surface area contributed by atoms with Crippen LogP contribution in [-0.2, 0) is 11.2 Å². The van der Waals surface area contributed by atoms with Crippen LogP contribution >= 0.6 is 0 Å². The van der Waals surface area contributed by atoms with Crippen LogP contribution in [0.25, 0.3) is 11.3 Å². The van der Waals surface area contributed by atoms with Gasteiger partial charge in [-0.05, 0) is 61.4 Å². The predicted molar refractivity (Wildman–Crippen MR) is 123 cm³/mol. The molecule has 1 fully saturated rings. The van der Waals surface area contributed by atoms with Crippen molar-refractivity contribution >= 4 is 5.91 Å². The van der Waals surface area contributed by atoms with Gasteiger partial charge in [-0.15, -0.1) is 0 Å². The Labute approximate surface area is 188 Å². The van der Waals surface area contributed by atoms with Gasteiger partial charge < -0.3 is 14.7 Å². The van der Waals surface area contributed by atoms with Crippen LogP contribution < -0.4 is 0 Å². The smallest absolute Gasteiger partial charge is 0.273 e. The van der Waals surface area contributed by atoms with Crippen molar-refractivity contribution in [3.05, 3.63) is 69.9 Å². The van der Waals surface area contributed by atoms with Crippen LogP contribution in [0.3, 0.4) is 0 Å². The molecule has 2 aromatic carbocycles. The maximum atomic E-state index is 13.5. The number of ether oxygens (including phenoxy) is 1. The van der Waals surface area contributed by atoms with E-state index in [0.29, 0.717) is 23.5 Å². The molecular weight excluding hydrogens is 402 g/mol. The first-order chi connectivity index (χ1) is 15.5. The van der Waals surface area contributed by atoms with E-state index < -0.39 is 0 Å². The number of phenols is 1. The lowest BCUT2D eigenvalue weighted by Gasteiger charge is -2.28. The van der Waals surface area contributed by atoms with Crippen molar-refractivity contribution in [2.45, 2.75) is 52.2 Å². The maximum absolute atomic E-state index is 13.5. The number of fused-ring (bicyclic) bond motifs is 1. The Morgan fingerprint density at radius 2 is 2.00 bits per heavy atom. The van der Waals surface area contributed by atoms with Crippen molar-refractivity contribution in [1.82, 2.24) is 15.1 Å². The highest BCUT2D eigenvalue weighted by molar-refractivity contribution is 6.00. The van der Waals surface area contributed by atoms with Gasteiger partial charge in [0.2, 0.25) is 0 Å². The number of aromatic nitrogens is 2. The summed E-state index contributed by atoms with van der Waals surface area (Å²) in [5.74, 6) is 0.116. The summed E-state index contributed by atoms with van der Waals surface area (Å²) < 4.78 is 5.87. The molecule has 0 aliphatic carbocycles. The van der Waals surface area contributed by atoms with Gasteiger partial charge in [-0.1, -0.05) is 37.3 Å². The average Bonchev–Trinajstić information content (AvgIpc) is 3.48. The molecule has 166 valence electrons. The third kappa shape index (κ3) is 3.39. The Morgan fingerprint density at radius 3 is 2.66 bits per heavy atom. The van der Waals surface area contributed by atoms with Crippen molar-refractivity contribution in [2.75, 3.05) is 13.2 Å². The van der Waals surface area contributed by atoms with E-state index in [1.54, 1.807) is 6.07 Å². The fraction of sp³-hybridized carbons (Fsp3) is 0.385. The highest BCUT2D eigenvalue weighted by Gasteiger charge is 2.43. The van der Waals surface area contributed by atoms with Gasteiger partial charge >= 0.3 is 0 Å². The normalized spacial score (nSPS) is 20.2. The number of H-pyrrole nitrogens is 1. The van der Waals surface area contributed by atoms with E-state index in [0.717, 1.165) is 48.1 Å². The fourth-order valence-corrected chi connectivity index (χ4v) is 5.12. The minimum Gasteiger partial charge on any atom is -0.507 e. The van der Waals surface area contributed by atoms with E-state index in [-0.39, 0.29) is 23.8 Å². The lowest BCUT2D eigenvalue weighted by atomic mass is 9.92. The van der Waals surface area contributed by atoms with Crippen LogP contribution in [0.2, 0.25) is 0 Å². The lowest BCUT2D eigenvalue weighted by molar-refractivity contribution is 0.0495. The van der Waals surface area contributed by atoms with Crippen molar-refractivity contribution < 1.29 is 14.6 Å². The van der Waals surface area contributed by atoms with Gasteiger partial charge in [0.05, 0.1) is 12.1 Å². The number of hydrogen-bond donors (Lipinski definition) is 2. The first-order valence-electron chi connectivity index (χ1n) is 11.4. The molecule has 6 nitrogen and oxygen atoms in total. The largest absolute Gasteiger partial charge is 0.507 e. The van der Waals surface area contributed by atoms with Crippen molar-refractivity contribution in [3.8, 4) is 17.0 Å². The SMILES string of the molecule is CCc1ccc(C2c3c(-c4c(C)cc(C)cc4O)n[nH]c3C(=O)N2CC2CCCO2)cc1. The summed E-state index contributed by atoms with van der Waals surface area (Å²) in [6, 6.07) is 12.0. The summed E-state index contributed by atoms with van der Waals surface area (Å²) in [5, 5.41) is 18.3. The Balaban J connectivity index is 1.65. The fourth-order valence-electron chi connectivity index (χ4n) is 5.12. The second-order valence-electron chi connectivity index (χ2n) is 8.93. The molecule has 32 heavy (non-hydrogen) atoms. The third-order valence-electron chi connectivity index (χ3n) is 6.69. The zero-order valence-corrected chi connectivity index (χ0v) is 18.8. The van der Waals surface area contributed by atoms with Gasteiger partial charge in [0, 0.05) is 24.3 Å². The summed E-state index contributed by atoms with van der Waals surface area (Å²) in [4.78, 5) is 15.4. The van der Waals surface area contributed by atoms with Gasteiger partial charge in [0.15, 0.2) is 0 Å². The Morgan fingerprint density at radius 1 is 1.22 bits per heavy atom. The molecule has 2 unspecified atom stereocenters. The summed E-state index contributed by atoms with van der Waals surface area (Å²) in [7, 11) is 0. The van der Waals surface area contributed by atoms with Gasteiger partial charge in [0.25, 0.3) is 5.91 Å². The van der Waals surface area contributed by atoms with E-state index in [4.69, 9.17) is 4.74 Å². The first-order valence-corrected chi connectivity index (χ1v) is 11.4. The van der Waals surface area contributed by atoms with Crippen LogP contribution in [0, 0.1) is 13.8 Å². The number of carbonyl (C=O) groups excluding carboxylic acids is 1. The topological polar surface area (TPSA) is 78.5 Å². The highest BCUT2D eigenvalue weighted by atomic mass is 16.5. The van der Waals surface area contributed by atoms with Crippen LogP contribution in [-0.4, -0.2) is 45.4 Å². The van der Waals surface area contributed by atoms with Gasteiger partial charge in [0.1, 0.15) is 17.1 Å². The van der Waals surface area contributed by atoms with Crippen LogP contribution in [0.15, 0.2) is 36.4 Å². The van der Waals surface area contributed by atoms with Crippen molar-refractivity contribution in [1.29, 1.82) is 0 Å². The molecule has 3 aromatic rings.